The topological polar surface area (TPSA) is 81.3 Å². The highest BCUT2D eigenvalue weighted by Crippen LogP contribution is 2.32. The minimum absolute atomic E-state index is 0.0804. The number of hydrogen-bond acceptors (Lipinski definition) is 5. The van der Waals surface area contributed by atoms with Gasteiger partial charge < -0.3 is 5.32 Å². The molecule has 3 rings (SSSR count). The molecule has 136 valence electrons. The Morgan fingerprint density at radius 1 is 1.32 bits per heavy atom. The standard InChI is InChI=1S/C17H25N5O2S/c1-3-12(2)18-15(23)11-21-17(24)22-14(19-21)9-10-16(20-22)25-13-7-5-4-6-8-13/h9-10,12-13H,3-8,11H2,1-2H3,(H,18,23). The zero-order valence-corrected chi connectivity index (χ0v) is 15.6. The van der Waals surface area contributed by atoms with Crippen molar-refractivity contribution >= 4 is 23.3 Å². The third-order valence-electron chi connectivity index (χ3n) is 4.57. The Morgan fingerprint density at radius 3 is 2.80 bits per heavy atom. The van der Waals surface area contributed by atoms with Crippen LogP contribution in [0.1, 0.15) is 52.4 Å². The molecule has 1 saturated carbocycles. The Hall–Kier alpha value is -1.83. The Bertz CT molecular complexity index is 794. The van der Waals surface area contributed by atoms with Crippen molar-refractivity contribution in [2.75, 3.05) is 0 Å². The van der Waals surface area contributed by atoms with E-state index in [1.54, 1.807) is 17.8 Å². The van der Waals surface area contributed by atoms with Gasteiger partial charge in [-0.2, -0.15) is 9.61 Å². The van der Waals surface area contributed by atoms with Gasteiger partial charge in [0.1, 0.15) is 11.6 Å². The molecule has 1 N–H and O–H groups in total. The van der Waals surface area contributed by atoms with Gasteiger partial charge in [0.25, 0.3) is 0 Å². The SMILES string of the molecule is CCC(C)NC(=O)Cn1nc2ccc(SC3CCCCC3)nn2c1=O. The van der Waals surface area contributed by atoms with Crippen molar-refractivity contribution in [1.29, 1.82) is 0 Å². The van der Waals surface area contributed by atoms with Gasteiger partial charge in [0, 0.05) is 11.3 Å². The number of amides is 1. The lowest BCUT2D eigenvalue weighted by Gasteiger charge is -2.20. The quantitative estimate of drug-likeness (QED) is 0.851. The highest BCUT2D eigenvalue weighted by Gasteiger charge is 2.17. The first-order chi connectivity index (χ1) is 12.1. The number of carbonyl (C=O) groups is 1. The van der Waals surface area contributed by atoms with Crippen LogP contribution in [-0.2, 0) is 11.3 Å². The lowest BCUT2D eigenvalue weighted by Crippen LogP contribution is -2.37. The average molecular weight is 363 g/mol. The second-order valence-corrected chi connectivity index (χ2v) is 7.96. The first kappa shape index (κ1) is 18.0. The largest absolute Gasteiger partial charge is 0.367 e. The molecule has 0 aliphatic heterocycles. The minimum atomic E-state index is -0.375. The summed E-state index contributed by atoms with van der Waals surface area (Å²) in [5.74, 6) is -0.211. The van der Waals surface area contributed by atoms with Crippen LogP contribution in [0.15, 0.2) is 22.0 Å². The molecule has 0 saturated heterocycles. The number of nitrogens with zero attached hydrogens (tertiary/aromatic N) is 4. The van der Waals surface area contributed by atoms with Crippen LogP contribution in [0.3, 0.4) is 0 Å². The fourth-order valence-corrected chi connectivity index (χ4v) is 4.16. The van der Waals surface area contributed by atoms with E-state index in [1.807, 2.05) is 19.9 Å². The van der Waals surface area contributed by atoms with E-state index in [0.717, 1.165) is 11.4 Å². The zero-order valence-electron chi connectivity index (χ0n) is 14.8. The molecular weight excluding hydrogens is 338 g/mol. The molecule has 1 aliphatic rings. The Balaban J connectivity index is 1.75. The van der Waals surface area contributed by atoms with Crippen molar-refractivity contribution in [1.82, 2.24) is 24.7 Å². The third kappa shape index (κ3) is 4.42. The van der Waals surface area contributed by atoms with Crippen LogP contribution >= 0.6 is 11.8 Å². The molecule has 7 nitrogen and oxygen atoms in total. The van der Waals surface area contributed by atoms with Crippen LogP contribution in [0.2, 0.25) is 0 Å². The second kappa shape index (κ2) is 8.03. The van der Waals surface area contributed by atoms with Gasteiger partial charge >= 0.3 is 5.69 Å². The first-order valence-corrected chi connectivity index (χ1v) is 9.87. The van der Waals surface area contributed by atoms with Crippen LogP contribution in [0.5, 0.6) is 0 Å². The number of fused-ring (bicyclic) bond motifs is 1. The molecule has 0 spiro atoms. The fourth-order valence-electron chi connectivity index (χ4n) is 2.97. The third-order valence-corrected chi connectivity index (χ3v) is 5.83. The van der Waals surface area contributed by atoms with Gasteiger partial charge in [-0.15, -0.1) is 16.9 Å². The maximum Gasteiger partial charge on any atom is 0.367 e. The highest BCUT2D eigenvalue weighted by molar-refractivity contribution is 7.99. The summed E-state index contributed by atoms with van der Waals surface area (Å²) in [4.78, 5) is 24.5. The smallest absolute Gasteiger partial charge is 0.352 e. The molecule has 8 heteroatoms. The van der Waals surface area contributed by atoms with Crippen LogP contribution in [0.25, 0.3) is 5.65 Å². The average Bonchev–Trinajstić information content (AvgIpc) is 2.91. The Labute approximate surface area is 151 Å². The van der Waals surface area contributed by atoms with Gasteiger partial charge in [0.05, 0.1) is 0 Å². The normalized spacial score (nSPS) is 16.9. The van der Waals surface area contributed by atoms with E-state index >= 15 is 0 Å². The van der Waals surface area contributed by atoms with Crippen molar-refractivity contribution in [3.8, 4) is 0 Å². The molecule has 1 aliphatic carbocycles. The molecule has 0 radical (unpaired) electrons. The summed E-state index contributed by atoms with van der Waals surface area (Å²) in [6.07, 6.45) is 7.10. The Morgan fingerprint density at radius 2 is 2.08 bits per heavy atom. The molecule has 0 aromatic carbocycles. The van der Waals surface area contributed by atoms with E-state index in [2.05, 4.69) is 15.5 Å². The monoisotopic (exact) mass is 363 g/mol. The van der Waals surface area contributed by atoms with Gasteiger partial charge in [-0.1, -0.05) is 26.2 Å². The lowest BCUT2D eigenvalue weighted by atomic mass is 10.0. The van der Waals surface area contributed by atoms with Crippen molar-refractivity contribution in [3.05, 3.63) is 22.6 Å². The summed E-state index contributed by atoms with van der Waals surface area (Å²) >= 11 is 1.74. The van der Waals surface area contributed by atoms with Crippen molar-refractivity contribution in [2.24, 2.45) is 0 Å². The van der Waals surface area contributed by atoms with E-state index in [-0.39, 0.29) is 24.2 Å². The van der Waals surface area contributed by atoms with Crippen molar-refractivity contribution in [3.63, 3.8) is 0 Å². The summed E-state index contributed by atoms with van der Waals surface area (Å²) in [7, 11) is 0. The molecule has 25 heavy (non-hydrogen) atoms. The van der Waals surface area contributed by atoms with E-state index < -0.39 is 0 Å². The molecular formula is C17H25N5O2S. The van der Waals surface area contributed by atoms with Crippen LogP contribution < -0.4 is 11.0 Å². The number of hydrogen-bond donors (Lipinski definition) is 1. The molecule has 2 aromatic rings. The predicted octanol–water partition coefficient (Wildman–Crippen LogP) is 2.23. The van der Waals surface area contributed by atoms with Crippen LogP contribution in [0, 0.1) is 0 Å². The van der Waals surface area contributed by atoms with E-state index in [9.17, 15) is 9.59 Å². The first-order valence-electron chi connectivity index (χ1n) is 8.99. The predicted molar refractivity (Wildman–Crippen MR) is 97.9 cm³/mol. The van der Waals surface area contributed by atoms with Gasteiger partial charge in [0.15, 0.2) is 5.65 Å². The number of aromatic nitrogens is 4. The molecule has 2 heterocycles. The summed E-state index contributed by atoms with van der Waals surface area (Å²) in [6.45, 7) is 3.84. The summed E-state index contributed by atoms with van der Waals surface area (Å²) < 4.78 is 2.47. The van der Waals surface area contributed by atoms with E-state index in [0.29, 0.717) is 10.9 Å². The summed E-state index contributed by atoms with van der Waals surface area (Å²) in [5.41, 5.74) is 0.0923. The van der Waals surface area contributed by atoms with Gasteiger partial charge in [-0.25, -0.2) is 9.48 Å². The maximum atomic E-state index is 12.5. The number of carbonyl (C=O) groups excluding carboxylic acids is 1. The highest BCUT2D eigenvalue weighted by atomic mass is 32.2. The van der Waals surface area contributed by atoms with Gasteiger partial charge in [0.2, 0.25) is 5.91 Å². The lowest BCUT2D eigenvalue weighted by molar-refractivity contribution is -0.122. The molecule has 1 amide bonds. The molecule has 1 unspecified atom stereocenters. The molecule has 1 fully saturated rings. The number of thioether (sulfide) groups is 1. The van der Waals surface area contributed by atoms with Gasteiger partial charge in [-0.3, -0.25) is 4.79 Å². The zero-order chi connectivity index (χ0) is 17.8. The number of rotatable bonds is 6. The molecule has 2 aromatic heterocycles. The summed E-state index contributed by atoms with van der Waals surface area (Å²) in [6, 6.07) is 3.78. The van der Waals surface area contributed by atoms with Crippen LogP contribution in [-0.4, -0.2) is 36.6 Å². The van der Waals surface area contributed by atoms with Crippen LogP contribution in [0.4, 0.5) is 0 Å². The van der Waals surface area contributed by atoms with E-state index in [1.165, 1.54) is 41.3 Å². The second-order valence-electron chi connectivity index (χ2n) is 6.64. The molecule has 0 bridgehead atoms. The molecule has 1 atom stereocenters. The van der Waals surface area contributed by atoms with Gasteiger partial charge in [-0.05, 0) is 38.3 Å². The van der Waals surface area contributed by atoms with Crippen molar-refractivity contribution in [2.45, 2.75) is 75.2 Å². The Kier molecular flexibility index (Phi) is 5.78. The summed E-state index contributed by atoms with van der Waals surface area (Å²) in [5, 5.41) is 12.9. The van der Waals surface area contributed by atoms with E-state index in [4.69, 9.17) is 0 Å². The van der Waals surface area contributed by atoms with Crippen molar-refractivity contribution < 1.29 is 4.79 Å². The maximum absolute atomic E-state index is 12.5. The minimum Gasteiger partial charge on any atom is -0.352 e. The number of nitrogens with one attached hydrogen (secondary N) is 1. The fraction of sp³-hybridized carbons (Fsp3) is 0.647.